The van der Waals surface area contributed by atoms with Crippen LogP contribution in [-0.4, -0.2) is 52.0 Å². The number of hydrogen-bond acceptors (Lipinski definition) is 5. The molecule has 0 aliphatic carbocycles. The fourth-order valence-corrected chi connectivity index (χ4v) is 2.66. The summed E-state index contributed by atoms with van der Waals surface area (Å²) in [5, 5.41) is 6.86. The van der Waals surface area contributed by atoms with Crippen molar-refractivity contribution in [2.75, 3.05) is 19.7 Å². The van der Waals surface area contributed by atoms with Crippen LogP contribution in [0.5, 0.6) is 5.75 Å². The Morgan fingerprint density at radius 1 is 1.50 bits per heavy atom. The molecule has 1 aromatic heterocycles. The number of halogens is 2. The minimum Gasteiger partial charge on any atom is -0.435 e. The van der Waals surface area contributed by atoms with E-state index in [2.05, 4.69) is 20.1 Å². The summed E-state index contributed by atoms with van der Waals surface area (Å²) in [6, 6.07) is 6.05. The molecule has 1 atom stereocenters. The quantitative estimate of drug-likeness (QED) is 0.870. The number of urea groups is 1. The largest absolute Gasteiger partial charge is 0.435 e. The zero-order valence-corrected chi connectivity index (χ0v) is 14.1. The van der Waals surface area contributed by atoms with Crippen LogP contribution >= 0.6 is 0 Å². The molecule has 0 radical (unpaired) electrons. The summed E-state index contributed by atoms with van der Waals surface area (Å²) in [7, 11) is 1.75. The Morgan fingerprint density at radius 3 is 3.08 bits per heavy atom. The molecule has 140 valence electrons. The number of alkyl halides is 2. The standard InChI is InChI=1S/C16H19F2N5O3/c1-22-10-20-14(21-22)8-19-16(24)23-5-6-25-13(9-23)11-3-2-4-12(7-11)26-15(17)18/h2-4,7,10,13,15H,5-6,8-9H2,1H3,(H,19,24). The van der Waals surface area contributed by atoms with Crippen LogP contribution in [0.2, 0.25) is 0 Å². The van der Waals surface area contributed by atoms with E-state index in [0.29, 0.717) is 31.1 Å². The van der Waals surface area contributed by atoms with Crippen molar-refractivity contribution in [3.63, 3.8) is 0 Å². The third-order valence-corrected chi connectivity index (χ3v) is 3.85. The van der Waals surface area contributed by atoms with E-state index in [9.17, 15) is 13.6 Å². The number of hydrogen-bond donors (Lipinski definition) is 1. The van der Waals surface area contributed by atoms with Gasteiger partial charge in [-0.1, -0.05) is 12.1 Å². The molecule has 2 amide bonds. The van der Waals surface area contributed by atoms with Crippen molar-refractivity contribution >= 4 is 6.03 Å². The van der Waals surface area contributed by atoms with Crippen LogP contribution in [0.1, 0.15) is 17.5 Å². The fourth-order valence-electron chi connectivity index (χ4n) is 2.66. The summed E-state index contributed by atoms with van der Waals surface area (Å²) in [5.41, 5.74) is 0.673. The molecule has 1 fully saturated rings. The lowest BCUT2D eigenvalue weighted by Gasteiger charge is -2.33. The van der Waals surface area contributed by atoms with Gasteiger partial charge in [-0.3, -0.25) is 4.68 Å². The Kier molecular flexibility index (Phi) is 5.61. The predicted molar refractivity (Wildman–Crippen MR) is 86.6 cm³/mol. The summed E-state index contributed by atoms with van der Waals surface area (Å²) in [6.45, 7) is -1.58. The zero-order valence-electron chi connectivity index (χ0n) is 14.1. The molecule has 10 heteroatoms. The first kappa shape index (κ1) is 18.1. The number of amides is 2. The average molecular weight is 367 g/mol. The van der Waals surface area contributed by atoms with Crippen molar-refractivity contribution < 1.29 is 23.0 Å². The Bertz CT molecular complexity index is 755. The summed E-state index contributed by atoms with van der Waals surface area (Å²) in [6.07, 6.45) is 1.14. The van der Waals surface area contributed by atoms with Crippen LogP contribution in [0, 0.1) is 0 Å². The number of carbonyl (C=O) groups is 1. The smallest absolute Gasteiger partial charge is 0.387 e. The molecule has 3 rings (SSSR count). The maximum atomic E-state index is 12.4. The second kappa shape index (κ2) is 8.09. The highest BCUT2D eigenvalue weighted by molar-refractivity contribution is 5.74. The fraction of sp³-hybridized carbons (Fsp3) is 0.438. The van der Waals surface area contributed by atoms with E-state index in [4.69, 9.17) is 4.74 Å². The van der Waals surface area contributed by atoms with Crippen LogP contribution in [-0.2, 0) is 18.3 Å². The average Bonchev–Trinajstić information content (AvgIpc) is 3.05. The van der Waals surface area contributed by atoms with Crippen molar-refractivity contribution in [1.29, 1.82) is 0 Å². The lowest BCUT2D eigenvalue weighted by molar-refractivity contribution is -0.0503. The molecule has 1 N–H and O–H groups in total. The Hall–Kier alpha value is -2.75. The van der Waals surface area contributed by atoms with Gasteiger partial charge in [0.25, 0.3) is 0 Å². The number of ether oxygens (including phenoxy) is 2. The van der Waals surface area contributed by atoms with Crippen molar-refractivity contribution in [3.8, 4) is 5.75 Å². The van der Waals surface area contributed by atoms with Crippen molar-refractivity contribution in [1.82, 2.24) is 25.0 Å². The topological polar surface area (TPSA) is 81.5 Å². The van der Waals surface area contributed by atoms with Crippen LogP contribution in [0.3, 0.4) is 0 Å². The van der Waals surface area contributed by atoms with Gasteiger partial charge < -0.3 is 19.7 Å². The van der Waals surface area contributed by atoms with Crippen molar-refractivity contribution in [2.24, 2.45) is 7.05 Å². The van der Waals surface area contributed by atoms with Gasteiger partial charge in [-0.05, 0) is 17.7 Å². The number of morpholine rings is 1. The van der Waals surface area contributed by atoms with E-state index in [0.717, 1.165) is 0 Å². The highest BCUT2D eigenvalue weighted by Gasteiger charge is 2.26. The Balaban J connectivity index is 1.59. The van der Waals surface area contributed by atoms with Gasteiger partial charge in [-0.2, -0.15) is 13.9 Å². The van der Waals surface area contributed by atoms with Crippen molar-refractivity contribution in [3.05, 3.63) is 42.0 Å². The minimum absolute atomic E-state index is 0.0592. The second-order valence-corrected chi connectivity index (χ2v) is 5.75. The zero-order chi connectivity index (χ0) is 18.5. The molecule has 2 heterocycles. The van der Waals surface area contributed by atoms with Gasteiger partial charge in [-0.25, -0.2) is 9.78 Å². The molecule has 0 saturated carbocycles. The lowest BCUT2D eigenvalue weighted by atomic mass is 10.1. The molecular formula is C16H19F2N5O3. The maximum absolute atomic E-state index is 12.4. The van der Waals surface area contributed by atoms with Gasteiger partial charge in [0.15, 0.2) is 5.82 Å². The molecule has 1 aliphatic rings. The highest BCUT2D eigenvalue weighted by Crippen LogP contribution is 2.26. The molecule has 0 spiro atoms. The lowest BCUT2D eigenvalue weighted by Crippen LogP contribution is -2.47. The molecule has 1 saturated heterocycles. The maximum Gasteiger partial charge on any atom is 0.387 e. The predicted octanol–water partition coefficient (Wildman–Crippen LogP) is 1.70. The van der Waals surface area contributed by atoms with E-state index >= 15 is 0 Å². The summed E-state index contributed by atoms with van der Waals surface area (Å²) >= 11 is 0. The van der Waals surface area contributed by atoms with E-state index in [1.165, 1.54) is 12.1 Å². The summed E-state index contributed by atoms with van der Waals surface area (Å²) in [4.78, 5) is 18.0. The molecule has 26 heavy (non-hydrogen) atoms. The number of nitrogens with one attached hydrogen (secondary N) is 1. The molecular weight excluding hydrogens is 348 g/mol. The van der Waals surface area contributed by atoms with Crippen molar-refractivity contribution in [2.45, 2.75) is 19.3 Å². The van der Waals surface area contributed by atoms with E-state index in [1.54, 1.807) is 35.1 Å². The summed E-state index contributed by atoms with van der Waals surface area (Å²) in [5.74, 6) is 0.575. The molecule has 1 aliphatic heterocycles. The van der Waals surface area contributed by atoms with Crippen LogP contribution in [0.4, 0.5) is 13.6 Å². The SMILES string of the molecule is Cn1cnc(CNC(=O)N2CCOC(c3cccc(OC(F)F)c3)C2)n1. The van der Waals surface area contributed by atoms with Gasteiger partial charge in [0, 0.05) is 13.6 Å². The van der Waals surface area contributed by atoms with Gasteiger partial charge in [-0.15, -0.1) is 0 Å². The first-order valence-electron chi connectivity index (χ1n) is 8.05. The van der Waals surface area contributed by atoms with E-state index in [1.807, 2.05) is 0 Å². The monoisotopic (exact) mass is 367 g/mol. The minimum atomic E-state index is -2.89. The number of rotatable bonds is 5. The number of aryl methyl sites for hydroxylation is 1. The van der Waals surface area contributed by atoms with Crippen LogP contribution in [0.25, 0.3) is 0 Å². The van der Waals surface area contributed by atoms with Gasteiger partial charge in [0.1, 0.15) is 18.2 Å². The first-order valence-corrected chi connectivity index (χ1v) is 8.05. The number of carbonyl (C=O) groups excluding carboxylic acids is 1. The molecule has 8 nitrogen and oxygen atoms in total. The van der Waals surface area contributed by atoms with Gasteiger partial charge in [0.2, 0.25) is 0 Å². The molecule has 2 aromatic rings. The molecule has 1 unspecified atom stereocenters. The Labute approximate surface area is 148 Å². The molecule has 1 aromatic carbocycles. The number of nitrogens with zero attached hydrogens (tertiary/aromatic N) is 4. The summed E-state index contributed by atoms with van der Waals surface area (Å²) < 4.78 is 36.4. The second-order valence-electron chi connectivity index (χ2n) is 5.75. The van der Waals surface area contributed by atoms with Gasteiger partial charge >= 0.3 is 12.6 Å². The Morgan fingerprint density at radius 2 is 2.35 bits per heavy atom. The number of aromatic nitrogens is 3. The molecule has 0 bridgehead atoms. The third kappa shape index (κ3) is 4.66. The third-order valence-electron chi connectivity index (χ3n) is 3.85. The van der Waals surface area contributed by atoms with E-state index in [-0.39, 0.29) is 18.3 Å². The highest BCUT2D eigenvalue weighted by atomic mass is 19.3. The number of benzene rings is 1. The van der Waals surface area contributed by atoms with Gasteiger partial charge in [0.05, 0.1) is 19.7 Å². The first-order chi connectivity index (χ1) is 12.5. The van der Waals surface area contributed by atoms with Crippen LogP contribution in [0.15, 0.2) is 30.6 Å². The van der Waals surface area contributed by atoms with E-state index < -0.39 is 12.7 Å². The normalized spacial score (nSPS) is 17.4. The van der Waals surface area contributed by atoms with Crippen LogP contribution < -0.4 is 10.1 Å².